The summed E-state index contributed by atoms with van der Waals surface area (Å²) in [5, 5.41) is 4.57. The van der Waals surface area contributed by atoms with E-state index in [0.29, 0.717) is 60.7 Å². The minimum absolute atomic E-state index is 0.141. The summed E-state index contributed by atoms with van der Waals surface area (Å²) in [5.74, 6) is 1.01. The number of hydrogen-bond donors (Lipinski definition) is 0. The van der Waals surface area contributed by atoms with Crippen LogP contribution in [0.2, 0.25) is 0 Å². The number of nitrogens with zero attached hydrogens (tertiary/aromatic N) is 5. The maximum atomic E-state index is 13.0. The lowest BCUT2D eigenvalue weighted by Crippen LogP contribution is -2.40. The second-order valence-electron chi connectivity index (χ2n) is 6.37. The Kier molecular flexibility index (Phi) is 5.39. The summed E-state index contributed by atoms with van der Waals surface area (Å²) in [7, 11) is 3.15. The fraction of sp³-hybridized carbons (Fsp3) is 0.300. The van der Waals surface area contributed by atoms with E-state index in [4.69, 9.17) is 14.2 Å². The Hall–Kier alpha value is -3.46. The molecule has 9 nitrogen and oxygen atoms in total. The first-order chi connectivity index (χ1) is 14.2. The number of hydrogen-bond acceptors (Lipinski definition) is 7. The van der Waals surface area contributed by atoms with Gasteiger partial charge in [0, 0.05) is 31.4 Å². The zero-order valence-electron chi connectivity index (χ0n) is 16.2. The largest absolute Gasteiger partial charge is 0.497 e. The van der Waals surface area contributed by atoms with Gasteiger partial charge in [0.05, 0.1) is 50.7 Å². The molecule has 0 bridgehead atoms. The maximum Gasteiger partial charge on any atom is 0.274 e. The number of pyridine rings is 2. The first-order valence-electron chi connectivity index (χ1n) is 9.17. The Bertz CT molecular complexity index is 996. The monoisotopic (exact) mass is 395 g/mol. The molecule has 3 aromatic rings. The number of carbonyl (C=O) groups is 1. The second kappa shape index (κ2) is 8.27. The van der Waals surface area contributed by atoms with Gasteiger partial charge in [-0.3, -0.25) is 9.78 Å². The molecule has 9 heteroatoms. The van der Waals surface area contributed by atoms with E-state index in [-0.39, 0.29) is 5.91 Å². The smallest absolute Gasteiger partial charge is 0.274 e. The Balaban J connectivity index is 1.78. The van der Waals surface area contributed by atoms with Gasteiger partial charge in [-0.2, -0.15) is 5.10 Å². The molecule has 1 fully saturated rings. The van der Waals surface area contributed by atoms with Crippen LogP contribution in [-0.2, 0) is 4.74 Å². The lowest BCUT2D eigenvalue weighted by molar-refractivity contribution is 0.0298. The number of rotatable bonds is 5. The molecule has 1 aliphatic heterocycles. The van der Waals surface area contributed by atoms with Gasteiger partial charge in [0.1, 0.15) is 5.75 Å². The van der Waals surface area contributed by atoms with Crippen LogP contribution in [0.4, 0.5) is 0 Å². The van der Waals surface area contributed by atoms with Gasteiger partial charge in [0.15, 0.2) is 5.69 Å². The normalized spacial score (nSPS) is 13.9. The predicted octanol–water partition coefficient (Wildman–Crippen LogP) is 1.82. The van der Waals surface area contributed by atoms with Gasteiger partial charge < -0.3 is 19.1 Å². The van der Waals surface area contributed by atoms with E-state index in [1.54, 1.807) is 60.5 Å². The summed E-state index contributed by atoms with van der Waals surface area (Å²) >= 11 is 0. The molecule has 1 amide bonds. The average molecular weight is 395 g/mol. The minimum atomic E-state index is -0.141. The van der Waals surface area contributed by atoms with Gasteiger partial charge in [0.2, 0.25) is 5.88 Å². The van der Waals surface area contributed by atoms with Gasteiger partial charge in [-0.05, 0) is 18.2 Å². The number of amides is 1. The molecule has 150 valence electrons. The summed E-state index contributed by atoms with van der Waals surface area (Å²) in [5.41, 5.74) is 2.31. The summed E-state index contributed by atoms with van der Waals surface area (Å²) in [4.78, 5) is 23.4. The molecule has 0 aromatic carbocycles. The molecule has 29 heavy (non-hydrogen) atoms. The zero-order valence-corrected chi connectivity index (χ0v) is 16.2. The molecule has 0 atom stereocenters. The van der Waals surface area contributed by atoms with Crippen LogP contribution in [-0.4, -0.2) is 71.1 Å². The molecule has 0 aliphatic carbocycles. The predicted molar refractivity (Wildman–Crippen MR) is 104 cm³/mol. The van der Waals surface area contributed by atoms with E-state index in [9.17, 15) is 4.79 Å². The van der Waals surface area contributed by atoms with Crippen LogP contribution >= 0.6 is 0 Å². The second-order valence-corrected chi connectivity index (χ2v) is 6.37. The molecule has 0 radical (unpaired) electrons. The van der Waals surface area contributed by atoms with Crippen molar-refractivity contribution in [1.82, 2.24) is 24.6 Å². The van der Waals surface area contributed by atoms with Crippen molar-refractivity contribution in [3.63, 3.8) is 0 Å². The number of aromatic nitrogens is 4. The number of methoxy groups -OCH3 is 2. The summed E-state index contributed by atoms with van der Waals surface area (Å²) in [6, 6.07) is 8.87. The highest BCUT2D eigenvalue weighted by Crippen LogP contribution is 2.26. The van der Waals surface area contributed by atoms with Crippen LogP contribution in [0.25, 0.3) is 17.1 Å². The Labute approximate surface area is 167 Å². The molecule has 0 unspecified atom stereocenters. The van der Waals surface area contributed by atoms with Crippen molar-refractivity contribution < 1.29 is 19.0 Å². The van der Waals surface area contributed by atoms with E-state index in [1.807, 2.05) is 6.07 Å². The van der Waals surface area contributed by atoms with E-state index < -0.39 is 0 Å². The number of carbonyl (C=O) groups excluding carboxylic acids is 1. The first-order valence-corrected chi connectivity index (χ1v) is 9.17. The topological polar surface area (TPSA) is 91.6 Å². The van der Waals surface area contributed by atoms with Gasteiger partial charge >= 0.3 is 0 Å². The van der Waals surface area contributed by atoms with Gasteiger partial charge in [0.25, 0.3) is 5.91 Å². The molecular weight excluding hydrogens is 374 g/mol. The maximum absolute atomic E-state index is 13.0. The lowest BCUT2D eigenvalue weighted by atomic mass is 10.2. The van der Waals surface area contributed by atoms with E-state index >= 15 is 0 Å². The van der Waals surface area contributed by atoms with Crippen LogP contribution in [0.1, 0.15) is 10.5 Å². The van der Waals surface area contributed by atoms with Crippen molar-refractivity contribution >= 4 is 5.91 Å². The highest BCUT2D eigenvalue weighted by atomic mass is 16.5. The van der Waals surface area contributed by atoms with Crippen molar-refractivity contribution in [3.05, 3.63) is 48.4 Å². The van der Waals surface area contributed by atoms with Crippen molar-refractivity contribution in [2.24, 2.45) is 0 Å². The van der Waals surface area contributed by atoms with Crippen LogP contribution in [0.5, 0.6) is 11.6 Å². The fourth-order valence-electron chi connectivity index (χ4n) is 3.09. The van der Waals surface area contributed by atoms with Crippen LogP contribution < -0.4 is 9.47 Å². The van der Waals surface area contributed by atoms with E-state index in [0.717, 1.165) is 0 Å². The summed E-state index contributed by atoms with van der Waals surface area (Å²) < 4.78 is 17.4. The van der Waals surface area contributed by atoms with Crippen molar-refractivity contribution in [2.75, 3.05) is 40.5 Å². The van der Waals surface area contributed by atoms with Gasteiger partial charge in [-0.15, -0.1) is 0 Å². The third kappa shape index (κ3) is 3.90. The molecule has 1 aliphatic rings. The molecule has 4 rings (SSSR count). The third-order valence-corrected chi connectivity index (χ3v) is 4.63. The van der Waals surface area contributed by atoms with Gasteiger partial charge in [-0.25, -0.2) is 9.67 Å². The third-order valence-electron chi connectivity index (χ3n) is 4.63. The fourth-order valence-corrected chi connectivity index (χ4v) is 3.09. The average Bonchev–Trinajstić information content (AvgIpc) is 3.25. The summed E-state index contributed by atoms with van der Waals surface area (Å²) in [6.45, 7) is 2.14. The molecule has 3 aromatic heterocycles. The zero-order chi connectivity index (χ0) is 20.2. The van der Waals surface area contributed by atoms with Crippen LogP contribution in [0.15, 0.2) is 42.7 Å². The Morgan fingerprint density at radius 1 is 1.07 bits per heavy atom. The highest BCUT2D eigenvalue weighted by molar-refractivity contribution is 5.93. The van der Waals surface area contributed by atoms with E-state index in [2.05, 4.69) is 15.1 Å². The van der Waals surface area contributed by atoms with Crippen molar-refractivity contribution in [2.45, 2.75) is 0 Å². The van der Waals surface area contributed by atoms with E-state index in [1.165, 1.54) is 0 Å². The number of morpholine rings is 1. The van der Waals surface area contributed by atoms with Crippen LogP contribution in [0, 0.1) is 0 Å². The van der Waals surface area contributed by atoms with Crippen molar-refractivity contribution in [3.8, 4) is 28.7 Å². The molecule has 4 heterocycles. The quantitative estimate of drug-likeness (QED) is 0.651. The van der Waals surface area contributed by atoms with Gasteiger partial charge in [-0.1, -0.05) is 0 Å². The lowest BCUT2D eigenvalue weighted by Gasteiger charge is -2.25. The van der Waals surface area contributed by atoms with Crippen molar-refractivity contribution in [1.29, 1.82) is 0 Å². The highest BCUT2D eigenvalue weighted by Gasteiger charge is 2.24. The molecular formula is C20H21N5O4. The van der Waals surface area contributed by atoms with Crippen LogP contribution in [0.3, 0.4) is 0 Å². The Morgan fingerprint density at radius 2 is 1.90 bits per heavy atom. The molecule has 0 saturated carbocycles. The SMILES string of the molecule is COc1ccnc(-c2cc(C(=O)N3CCOCC3)nn2-c2ccc(OC)nc2)c1. The molecule has 0 N–H and O–H groups in total. The molecule has 1 saturated heterocycles. The Morgan fingerprint density at radius 3 is 2.59 bits per heavy atom. The minimum Gasteiger partial charge on any atom is -0.497 e. The first kappa shape index (κ1) is 18.9. The summed E-state index contributed by atoms with van der Waals surface area (Å²) in [6.07, 6.45) is 3.29. The standard InChI is InChI=1S/C20H21N5O4/c1-27-15-5-6-21-16(11-15)18-12-17(20(26)24-7-9-29-10-8-24)23-25(18)14-3-4-19(28-2)22-13-14/h3-6,11-13H,7-10H2,1-2H3. The molecule has 0 spiro atoms. The number of ether oxygens (including phenoxy) is 3.